The van der Waals surface area contributed by atoms with Gasteiger partial charge in [-0.05, 0) is 81.9 Å². The van der Waals surface area contributed by atoms with Gasteiger partial charge in [0.2, 0.25) is 5.91 Å². The standard InChI is InChI=1S/C29H39N3O3/c1-20(2)32(28(33)24-15-9-21(3)10-16-24)27-26(29(34)35)19-31(30-27)25-17-13-23(14-18-25)12-11-22-7-5-4-6-8-22/h11-14,17-22,24H,4-10,15-16H2,1-3H3,(H,34,35)/b12-11+. The summed E-state index contributed by atoms with van der Waals surface area (Å²) in [7, 11) is 0. The van der Waals surface area contributed by atoms with E-state index < -0.39 is 5.97 Å². The predicted molar refractivity (Wildman–Crippen MR) is 140 cm³/mol. The summed E-state index contributed by atoms with van der Waals surface area (Å²) in [5, 5.41) is 14.5. The molecule has 1 aromatic carbocycles. The van der Waals surface area contributed by atoms with Gasteiger partial charge < -0.3 is 5.11 Å². The van der Waals surface area contributed by atoms with E-state index in [4.69, 9.17) is 0 Å². The molecule has 2 aliphatic carbocycles. The molecule has 4 rings (SSSR count). The van der Waals surface area contributed by atoms with Crippen molar-refractivity contribution in [1.82, 2.24) is 9.78 Å². The van der Waals surface area contributed by atoms with Crippen LogP contribution < -0.4 is 4.90 Å². The number of carbonyl (C=O) groups excluding carboxylic acids is 1. The van der Waals surface area contributed by atoms with E-state index in [1.54, 1.807) is 9.58 Å². The summed E-state index contributed by atoms with van der Waals surface area (Å²) in [4.78, 5) is 27.2. The second-order valence-corrected chi connectivity index (χ2v) is 10.7. The van der Waals surface area contributed by atoms with Crippen molar-refractivity contribution in [2.75, 3.05) is 4.90 Å². The third-order valence-corrected chi connectivity index (χ3v) is 7.64. The molecule has 1 heterocycles. The molecule has 0 spiro atoms. The summed E-state index contributed by atoms with van der Waals surface area (Å²) in [6.45, 7) is 6.06. The van der Waals surface area contributed by atoms with Crippen molar-refractivity contribution in [1.29, 1.82) is 0 Å². The van der Waals surface area contributed by atoms with Gasteiger partial charge in [0.25, 0.3) is 0 Å². The number of aromatic nitrogens is 2. The van der Waals surface area contributed by atoms with Crippen molar-refractivity contribution in [3.8, 4) is 5.69 Å². The Kier molecular flexibility index (Phi) is 8.09. The van der Waals surface area contributed by atoms with Gasteiger partial charge in [0.05, 0.1) is 5.69 Å². The van der Waals surface area contributed by atoms with E-state index in [1.165, 1.54) is 38.3 Å². The van der Waals surface area contributed by atoms with Crippen molar-refractivity contribution in [3.05, 3.63) is 47.7 Å². The van der Waals surface area contributed by atoms with Crippen molar-refractivity contribution < 1.29 is 14.7 Å². The molecular formula is C29H39N3O3. The van der Waals surface area contributed by atoms with Crippen LogP contribution in [0, 0.1) is 17.8 Å². The number of carbonyl (C=O) groups is 2. The lowest BCUT2D eigenvalue weighted by molar-refractivity contribution is -0.123. The van der Waals surface area contributed by atoms with E-state index in [-0.39, 0.29) is 29.2 Å². The fourth-order valence-electron chi connectivity index (χ4n) is 5.45. The number of benzene rings is 1. The van der Waals surface area contributed by atoms with E-state index in [2.05, 4.69) is 24.2 Å². The Bertz CT molecular complexity index is 1040. The molecule has 6 heteroatoms. The predicted octanol–water partition coefficient (Wildman–Crippen LogP) is 6.73. The Morgan fingerprint density at radius 3 is 2.29 bits per heavy atom. The Morgan fingerprint density at radius 1 is 1.03 bits per heavy atom. The molecule has 0 saturated heterocycles. The second kappa shape index (κ2) is 11.2. The summed E-state index contributed by atoms with van der Waals surface area (Å²) < 4.78 is 1.58. The number of nitrogens with zero attached hydrogens (tertiary/aromatic N) is 3. The zero-order valence-corrected chi connectivity index (χ0v) is 21.3. The van der Waals surface area contributed by atoms with E-state index >= 15 is 0 Å². The number of aromatic carboxylic acids is 1. The molecule has 2 fully saturated rings. The van der Waals surface area contributed by atoms with E-state index in [9.17, 15) is 14.7 Å². The Hall–Kier alpha value is -2.89. The fourth-order valence-corrected chi connectivity index (χ4v) is 5.45. The first kappa shape index (κ1) is 25.2. The number of carboxylic acids is 1. The van der Waals surface area contributed by atoms with Gasteiger partial charge in [0.15, 0.2) is 5.82 Å². The lowest BCUT2D eigenvalue weighted by Gasteiger charge is -2.32. The molecule has 1 amide bonds. The molecule has 0 atom stereocenters. The van der Waals surface area contributed by atoms with Crippen molar-refractivity contribution >= 4 is 23.8 Å². The number of hydrogen-bond donors (Lipinski definition) is 1. The minimum atomic E-state index is -1.07. The van der Waals surface area contributed by atoms with Gasteiger partial charge in [0, 0.05) is 18.2 Å². The van der Waals surface area contributed by atoms with Crippen LogP contribution in [0.5, 0.6) is 0 Å². The van der Waals surface area contributed by atoms with Crippen LogP contribution in [-0.2, 0) is 4.79 Å². The summed E-state index contributed by atoms with van der Waals surface area (Å²) in [6, 6.07) is 7.78. The highest BCUT2D eigenvalue weighted by atomic mass is 16.4. The average Bonchev–Trinajstić information content (AvgIpc) is 3.29. The number of carboxylic acid groups (broad SMARTS) is 1. The van der Waals surface area contributed by atoms with Gasteiger partial charge in [-0.1, -0.05) is 50.5 Å². The first-order chi connectivity index (χ1) is 16.8. The summed E-state index contributed by atoms with van der Waals surface area (Å²) in [5.74, 6) is 0.382. The molecule has 188 valence electrons. The van der Waals surface area contributed by atoms with Crippen LogP contribution in [0.2, 0.25) is 0 Å². The molecule has 0 radical (unpaired) electrons. The molecule has 35 heavy (non-hydrogen) atoms. The van der Waals surface area contributed by atoms with E-state index in [1.807, 2.05) is 38.1 Å². The van der Waals surface area contributed by atoms with E-state index in [0.29, 0.717) is 11.8 Å². The second-order valence-electron chi connectivity index (χ2n) is 10.7. The van der Waals surface area contributed by atoms with E-state index in [0.717, 1.165) is 36.9 Å². The average molecular weight is 478 g/mol. The first-order valence-electron chi connectivity index (χ1n) is 13.3. The molecule has 2 saturated carbocycles. The van der Waals surface area contributed by atoms with Crippen LogP contribution in [0.1, 0.15) is 94.5 Å². The topological polar surface area (TPSA) is 75.4 Å². The minimum Gasteiger partial charge on any atom is -0.477 e. The van der Waals surface area contributed by atoms with Gasteiger partial charge in [-0.2, -0.15) is 0 Å². The Morgan fingerprint density at radius 2 is 1.69 bits per heavy atom. The van der Waals surface area contributed by atoms with Crippen LogP contribution >= 0.6 is 0 Å². The molecule has 0 aliphatic heterocycles. The number of anilines is 1. The molecule has 1 N–H and O–H groups in total. The van der Waals surface area contributed by atoms with Crippen LogP contribution in [-0.4, -0.2) is 32.8 Å². The molecule has 2 aromatic rings. The first-order valence-corrected chi connectivity index (χ1v) is 13.3. The van der Waals surface area contributed by atoms with Gasteiger partial charge in [-0.3, -0.25) is 9.69 Å². The summed E-state index contributed by atoms with van der Waals surface area (Å²) >= 11 is 0. The van der Waals surface area contributed by atoms with Crippen LogP contribution in [0.4, 0.5) is 5.82 Å². The monoisotopic (exact) mass is 477 g/mol. The highest BCUT2D eigenvalue weighted by Gasteiger charge is 2.34. The number of rotatable bonds is 7. The zero-order chi connectivity index (χ0) is 24.9. The minimum absolute atomic E-state index is 0.0113. The maximum atomic E-state index is 13.5. The van der Waals surface area contributed by atoms with Crippen LogP contribution in [0.3, 0.4) is 0 Å². The number of allylic oxidation sites excluding steroid dienone is 1. The smallest absolute Gasteiger partial charge is 0.341 e. The maximum Gasteiger partial charge on any atom is 0.341 e. The van der Waals surface area contributed by atoms with Gasteiger partial charge in [0.1, 0.15) is 5.56 Å². The molecule has 1 aromatic heterocycles. The fraction of sp³-hybridized carbons (Fsp3) is 0.552. The maximum absolute atomic E-state index is 13.5. The lowest BCUT2D eigenvalue weighted by atomic mass is 9.82. The van der Waals surface area contributed by atoms with Crippen LogP contribution in [0.25, 0.3) is 11.8 Å². The highest BCUT2D eigenvalue weighted by molar-refractivity contribution is 6.01. The van der Waals surface area contributed by atoms with Gasteiger partial charge in [-0.25, -0.2) is 9.48 Å². The SMILES string of the molecule is CC1CCC(C(=O)N(c2nn(-c3ccc(/C=C/C4CCCCC4)cc3)cc2C(=O)O)C(C)C)CC1. The number of amides is 1. The summed E-state index contributed by atoms with van der Waals surface area (Å²) in [5.41, 5.74) is 1.95. The van der Waals surface area contributed by atoms with Crippen molar-refractivity contribution in [3.63, 3.8) is 0 Å². The highest BCUT2D eigenvalue weighted by Crippen LogP contribution is 2.33. The van der Waals surface area contributed by atoms with Gasteiger partial charge in [-0.15, -0.1) is 5.10 Å². The molecule has 0 unspecified atom stereocenters. The third-order valence-electron chi connectivity index (χ3n) is 7.64. The van der Waals surface area contributed by atoms with Crippen molar-refractivity contribution in [2.45, 2.75) is 84.6 Å². The third kappa shape index (κ3) is 6.03. The summed E-state index contributed by atoms with van der Waals surface area (Å²) in [6.07, 6.45) is 16.3. The molecule has 0 bridgehead atoms. The molecule has 2 aliphatic rings. The van der Waals surface area contributed by atoms with Gasteiger partial charge >= 0.3 is 5.97 Å². The Balaban J connectivity index is 1.57. The Labute approximate surface area is 209 Å². The number of hydrogen-bond acceptors (Lipinski definition) is 3. The van der Waals surface area contributed by atoms with Crippen LogP contribution in [0.15, 0.2) is 36.5 Å². The normalized spacial score (nSPS) is 21.5. The lowest BCUT2D eigenvalue weighted by Crippen LogP contribution is -2.43. The largest absolute Gasteiger partial charge is 0.477 e. The van der Waals surface area contributed by atoms with Crippen molar-refractivity contribution in [2.24, 2.45) is 17.8 Å². The zero-order valence-electron chi connectivity index (χ0n) is 21.3. The molecular weight excluding hydrogens is 438 g/mol. The molecule has 6 nitrogen and oxygen atoms in total. The quantitative estimate of drug-likeness (QED) is 0.480.